The summed E-state index contributed by atoms with van der Waals surface area (Å²) >= 11 is 0. The number of nitrogens with zero attached hydrogens (tertiary/aromatic N) is 1. The van der Waals surface area contributed by atoms with Gasteiger partial charge in [-0.1, -0.05) is 11.8 Å². The molecule has 8 nitrogen and oxygen atoms in total. The number of benzene rings is 2. The van der Waals surface area contributed by atoms with Crippen LogP contribution in [0.3, 0.4) is 0 Å². The number of aliphatic imine (C=N–C) groups is 1. The number of nitrogens with two attached hydrogens (primary N) is 2. The highest BCUT2D eigenvalue weighted by atomic mass is 16.5. The number of nitrogens with one attached hydrogen (secondary N) is 1. The van der Waals surface area contributed by atoms with Crippen LogP contribution in [0.5, 0.6) is 0 Å². The Balaban J connectivity index is 1.16. The van der Waals surface area contributed by atoms with E-state index in [0.29, 0.717) is 59.8 Å². The number of hydrogen-bond acceptors (Lipinski definition) is 8. The summed E-state index contributed by atoms with van der Waals surface area (Å²) in [6.07, 6.45) is 10.4. The normalized spacial score (nSPS) is 19.2. The molecule has 2 aromatic carbocycles. The van der Waals surface area contributed by atoms with Crippen LogP contribution >= 0.6 is 0 Å². The van der Waals surface area contributed by atoms with Gasteiger partial charge in [0.25, 0.3) is 0 Å². The molecule has 204 valence electrons. The van der Waals surface area contributed by atoms with Crippen molar-refractivity contribution in [1.29, 1.82) is 0 Å². The molecule has 0 spiro atoms. The Kier molecular flexibility index (Phi) is 9.63. The van der Waals surface area contributed by atoms with Gasteiger partial charge in [0.1, 0.15) is 0 Å². The summed E-state index contributed by atoms with van der Waals surface area (Å²) in [5.41, 5.74) is 16.5. The number of esters is 2. The minimum Gasteiger partial charge on any atom is -0.462 e. The second-order valence-electron chi connectivity index (χ2n) is 9.87. The number of carbonyl (C=O) groups excluding carboxylic acids is 2. The van der Waals surface area contributed by atoms with Crippen LogP contribution in [0, 0.1) is 17.8 Å². The minimum atomic E-state index is -0.371. The number of carbonyl (C=O) groups is 2. The number of nitrogen functional groups attached to an aromatic ring is 2. The fourth-order valence-electron chi connectivity index (χ4n) is 4.88. The molecule has 0 saturated heterocycles. The third-order valence-electron chi connectivity index (χ3n) is 7.02. The molecule has 0 aliphatic heterocycles. The fraction of sp³-hybridized carbons (Fsp3) is 0.387. The van der Waals surface area contributed by atoms with Crippen molar-refractivity contribution in [3.63, 3.8) is 0 Å². The molecule has 39 heavy (non-hydrogen) atoms. The Hall–Kier alpha value is -4.25. The number of rotatable bonds is 10. The van der Waals surface area contributed by atoms with Gasteiger partial charge < -0.3 is 26.3 Å². The summed E-state index contributed by atoms with van der Waals surface area (Å²) in [5, 5.41) is 3.53. The first-order chi connectivity index (χ1) is 18.9. The number of ether oxygens (including phenoxy) is 2. The predicted octanol–water partition coefficient (Wildman–Crippen LogP) is 5.67. The Morgan fingerprint density at radius 3 is 2.38 bits per heavy atom. The zero-order valence-electron chi connectivity index (χ0n) is 22.4. The van der Waals surface area contributed by atoms with Gasteiger partial charge in [0.05, 0.1) is 59.2 Å². The minimum absolute atomic E-state index is 0.332. The van der Waals surface area contributed by atoms with Gasteiger partial charge in [-0.3, -0.25) is 4.99 Å². The van der Waals surface area contributed by atoms with E-state index < -0.39 is 0 Å². The van der Waals surface area contributed by atoms with Crippen molar-refractivity contribution in [2.45, 2.75) is 57.9 Å². The Morgan fingerprint density at radius 1 is 1.00 bits per heavy atom. The van der Waals surface area contributed by atoms with Crippen molar-refractivity contribution < 1.29 is 19.1 Å². The van der Waals surface area contributed by atoms with Crippen molar-refractivity contribution in [2.24, 2.45) is 10.9 Å². The number of allylic oxidation sites excluding steroid dienone is 2. The van der Waals surface area contributed by atoms with Crippen LogP contribution < -0.4 is 16.8 Å². The van der Waals surface area contributed by atoms with E-state index in [1.54, 1.807) is 43.3 Å². The summed E-state index contributed by atoms with van der Waals surface area (Å²) in [7, 11) is 0. The molecule has 0 radical (unpaired) electrons. The lowest BCUT2D eigenvalue weighted by molar-refractivity contribution is 0.0489. The van der Waals surface area contributed by atoms with Crippen LogP contribution in [-0.2, 0) is 9.47 Å². The van der Waals surface area contributed by atoms with Gasteiger partial charge in [-0.15, -0.1) is 0 Å². The highest BCUT2D eigenvalue weighted by molar-refractivity contribution is 6.01. The van der Waals surface area contributed by atoms with Crippen molar-refractivity contribution in [3.8, 4) is 11.8 Å². The monoisotopic (exact) mass is 528 g/mol. The standard InChI is InChI=1S/C31H36N4O4/c1-2-38-30(36)22-12-16-29(26(32)19-22)35-25-14-10-21(11-15-25)7-6-18-39-31(37)23-13-17-28(27(33)20-23)34-24-8-4-3-5-9-24/h4,8,12-13,16-17,19-21,25,35H,2,6-7,9-11,14-15,18,32-33H2,1H3. The third kappa shape index (κ3) is 7.87. The summed E-state index contributed by atoms with van der Waals surface area (Å²) in [4.78, 5) is 28.9. The smallest absolute Gasteiger partial charge is 0.338 e. The Bertz CT molecular complexity index is 1310. The first-order valence-electron chi connectivity index (χ1n) is 13.5. The van der Waals surface area contributed by atoms with Crippen molar-refractivity contribution in [2.75, 3.05) is 30.0 Å². The average molecular weight is 529 g/mol. The highest BCUT2D eigenvalue weighted by Gasteiger charge is 2.22. The zero-order chi connectivity index (χ0) is 27.6. The van der Waals surface area contributed by atoms with Crippen LogP contribution in [0.2, 0.25) is 0 Å². The van der Waals surface area contributed by atoms with E-state index in [2.05, 4.69) is 22.2 Å². The molecule has 5 N–H and O–H groups in total. The molecule has 1 saturated carbocycles. The average Bonchev–Trinajstić information content (AvgIpc) is 2.94. The van der Waals surface area contributed by atoms with E-state index in [0.717, 1.165) is 49.9 Å². The lowest BCUT2D eigenvalue weighted by atomic mass is 9.83. The summed E-state index contributed by atoms with van der Waals surface area (Å²) < 4.78 is 10.5. The molecule has 4 rings (SSSR count). The third-order valence-corrected chi connectivity index (χ3v) is 7.02. The molecule has 2 aliphatic carbocycles. The highest BCUT2D eigenvalue weighted by Crippen LogP contribution is 2.31. The van der Waals surface area contributed by atoms with E-state index >= 15 is 0 Å². The van der Waals surface area contributed by atoms with Crippen LogP contribution in [0.1, 0.15) is 72.6 Å². The SMILES string of the molecule is CCOC(=O)c1ccc(NC2CCC(CCCOC(=O)c3ccc(N=C4C=CC#CC4)c(N)c3)CC2)c(N)c1. The van der Waals surface area contributed by atoms with E-state index in [9.17, 15) is 9.59 Å². The molecular formula is C31H36N4O4. The Morgan fingerprint density at radius 2 is 1.72 bits per heavy atom. The van der Waals surface area contributed by atoms with E-state index in [1.807, 2.05) is 12.1 Å². The van der Waals surface area contributed by atoms with Gasteiger partial charge in [-0.2, -0.15) is 0 Å². The van der Waals surface area contributed by atoms with Gasteiger partial charge >= 0.3 is 11.9 Å². The zero-order valence-corrected chi connectivity index (χ0v) is 22.4. The molecule has 0 unspecified atom stereocenters. The predicted molar refractivity (Wildman–Crippen MR) is 155 cm³/mol. The molecule has 8 heteroatoms. The molecule has 0 amide bonds. The van der Waals surface area contributed by atoms with E-state index in [-0.39, 0.29) is 11.9 Å². The second-order valence-corrected chi connectivity index (χ2v) is 9.87. The molecule has 2 aliphatic rings. The number of anilines is 3. The van der Waals surface area contributed by atoms with Gasteiger partial charge in [0.2, 0.25) is 0 Å². The quantitative estimate of drug-likeness (QED) is 0.157. The first kappa shape index (κ1) is 27.8. The Labute approximate surface area is 229 Å². The molecule has 0 bridgehead atoms. The number of hydrogen-bond donors (Lipinski definition) is 3. The summed E-state index contributed by atoms with van der Waals surface area (Å²) in [6, 6.07) is 10.6. The second kappa shape index (κ2) is 13.5. The molecule has 0 atom stereocenters. The lowest BCUT2D eigenvalue weighted by Gasteiger charge is -2.30. The maximum atomic E-state index is 12.5. The molecular weight excluding hydrogens is 492 g/mol. The maximum absolute atomic E-state index is 12.5. The van der Waals surface area contributed by atoms with Gasteiger partial charge in [0.15, 0.2) is 0 Å². The van der Waals surface area contributed by atoms with E-state index in [1.165, 1.54) is 0 Å². The molecule has 0 aromatic heterocycles. The van der Waals surface area contributed by atoms with Gasteiger partial charge in [-0.05, 0) is 99.9 Å². The van der Waals surface area contributed by atoms with Crippen molar-refractivity contribution >= 4 is 40.4 Å². The molecule has 0 heterocycles. The maximum Gasteiger partial charge on any atom is 0.338 e. The summed E-state index contributed by atoms with van der Waals surface area (Å²) in [5.74, 6) is 5.73. The van der Waals surface area contributed by atoms with Crippen molar-refractivity contribution in [3.05, 3.63) is 59.7 Å². The summed E-state index contributed by atoms with van der Waals surface area (Å²) in [6.45, 7) is 2.49. The first-order valence-corrected chi connectivity index (χ1v) is 13.5. The van der Waals surface area contributed by atoms with Crippen LogP contribution in [0.25, 0.3) is 0 Å². The largest absolute Gasteiger partial charge is 0.462 e. The van der Waals surface area contributed by atoms with Crippen LogP contribution in [-0.4, -0.2) is 36.9 Å². The molecule has 2 aromatic rings. The van der Waals surface area contributed by atoms with Crippen LogP contribution in [0.15, 0.2) is 53.5 Å². The topological polar surface area (TPSA) is 129 Å². The van der Waals surface area contributed by atoms with Gasteiger partial charge in [0, 0.05) is 6.04 Å². The van der Waals surface area contributed by atoms with E-state index in [4.69, 9.17) is 20.9 Å². The fourth-order valence-corrected chi connectivity index (χ4v) is 4.88. The van der Waals surface area contributed by atoms with Crippen molar-refractivity contribution in [1.82, 2.24) is 0 Å². The van der Waals surface area contributed by atoms with Crippen LogP contribution in [0.4, 0.5) is 22.7 Å². The van der Waals surface area contributed by atoms with Gasteiger partial charge in [-0.25, -0.2) is 9.59 Å². The lowest BCUT2D eigenvalue weighted by Crippen LogP contribution is -2.26. The molecule has 1 fully saturated rings.